The fourth-order valence-corrected chi connectivity index (χ4v) is 2.90. The predicted octanol–water partition coefficient (Wildman–Crippen LogP) is 2.52. The standard InChI is InChI=1S/C18H24N4O2.ClH/c1-2-16-21-18(24-22-16)14-7-5-13(6-8-14)9-11-20-17(23)12-15-4-3-10-19-15;/h5-8,15,19H,2-4,9-12H2,1H3,(H,20,23);1H. The fraction of sp³-hybridized carbons (Fsp3) is 0.500. The van der Waals surface area contributed by atoms with Gasteiger partial charge in [0.1, 0.15) is 0 Å². The number of halogens is 1. The molecule has 1 amide bonds. The highest BCUT2D eigenvalue weighted by Crippen LogP contribution is 2.18. The molecule has 0 saturated carbocycles. The predicted molar refractivity (Wildman–Crippen MR) is 98.7 cm³/mol. The molecule has 7 heteroatoms. The number of amides is 1. The van der Waals surface area contributed by atoms with E-state index in [1.165, 1.54) is 12.0 Å². The van der Waals surface area contributed by atoms with E-state index in [2.05, 4.69) is 20.8 Å². The molecule has 136 valence electrons. The summed E-state index contributed by atoms with van der Waals surface area (Å²) in [7, 11) is 0. The molecule has 1 aromatic carbocycles. The van der Waals surface area contributed by atoms with Gasteiger partial charge >= 0.3 is 0 Å². The second-order valence-corrected chi connectivity index (χ2v) is 6.16. The van der Waals surface area contributed by atoms with Gasteiger partial charge in [-0.25, -0.2) is 0 Å². The zero-order chi connectivity index (χ0) is 16.8. The number of carbonyl (C=O) groups excluding carboxylic acids is 1. The van der Waals surface area contributed by atoms with Gasteiger partial charge in [0.2, 0.25) is 5.91 Å². The lowest BCUT2D eigenvalue weighted by Gasteiger charge is -2.10. The number of hydrogen-bond acceptors (Lipinski definition) is 5. The van der Waals surface area contributed by atoms with Crippen molar-refractivity contribution in [3.8, 4) is 11.5 Å². The summed E-state index contributed by atoms with van der Waals surface area (Å²) < 4.78 is 5.23. The summed E-state index contributed by atoms with van der Waals surface area (Å²) in [5, 5.41) is 10.2. The number of rotatable bonds is 7. The molecule has 0 radical (unpaired) electrons. The van der Waals surface area contributed by atoms with E-state index in [9.17, 15) is 4.79 Å². The Kier molecular flexibility index (Phi) is 7.40. The molecule has 1 aromatic heterocycles. The average molecular weight is 365 g/mol. The van der Waals surface area contributed by atoms with E-state index in [1.807, 2.05) is 31.2 Å². The topological polar surface area (TPSA) is 80.0 Å². The normalized spacial score (nSPS) is 16.4. The molecule has 1 unspecified atom stereocenters. The lowest BCUT2D eigenvalue weighted by molar-refractivity contribution is -0.121. The molecule has 2 aromatic rings. The molecule has 0 aliphatic carbocycles. The van der Waals surface area contributed by atoms with Crippen LogP contribution >= 0.6 is 12.4 Å². The molecular weight excluding hydrogens is 340 g/mol. The van der Waals surface area contributed by atoms with Crippen molar-refractivity contribution in [2.24, 2.45) is 0 Å². The smallest absolute Gasteiger partial charge is 0.257 e. The molecule has 2 N–H and O–H groups in total. The molecule has 1 aliphatic rings. The summed E-state index contributed by atoms with van der Waals surface area (Å²) in [6.07, 6.45) is 4.43. The van der Waals surface area contributed by atoms with E-state index in [4.69, 9.17) is 4.52 Å². The number of hydrogen-bond donors (Lipinski definition) is 2. The molecule has 6 nitrogen and oxygen atoms in total. The van der Waals surface area contributed by atoms with Crippen molar-refractivity contribution in [3.63, 3.8) is 0 Å². The van der Waals surface area contributed by atoms with Crippen LogP contribution in [0.15, 0.2) is 28.8 Å². The van der Waals surface area contributed by atoms with E-state index in [0.29, 0.717) is 30.7 Å². The van der Waals surface area contributed by atoms with Crippen molar-refractivity contribution in [1.29, 1.82) is 0 Å². The third-order valence-electron chi connectivity index (χ3n) is 4.32. The van der Waals surface area contributed by atoms with Gasteiger partial charge < -0.3 is 15.2 Å². The maximum atomic E-state index is 11.9. The average Bonchev–Trinajstić information content (AvgIpc) is 3.27. The number of aryl methyl sites for hydroxylation is 1. The summed E-state index contributed by atoms with van der Waals surface area (Å²) in [6.45, 7) is 3.68. The Morgan fingerprint density at radius 3 is 2.80 bits per heavy atom. The number of benzene rings is 1. The summed E-state index contributed by atoms with van der Waals surface area (Å²) in [5.74, 6) is 1.40. The van der Waals surface area contributed by atoms with Gasteiger partial charge in [-0.15, -0.1) is 12.4 Å². The van der Waals surface area contributed by atoms with Crippen LogP contribution in [0.2, 0.25) is 0 Å². The summed E-state index contributed by atoms with van der Waals surface area (Å²) in [6, 6.07) is 8.39. The molecule has 3 rings (SSSR count). The third kappa shape index (κ3) is 5.54. The van der Waals surface area contributed by atoms with Crippen LogP contribution in [0, 0.1) is 0 Å². The minimum Gasteiger partial charge on any atom is -0.356 e. The van der Waals surface area contributed by atoms with Crippen LogP contribution in [-0.2, 0) is 17.6 Å². The first-order chi connectivity index (χ1) is 11.7. The fourth-order valence-electron chi connectivity index (χ4n) is 2.90. The van der Waals surface area contributed by atoms with Crippen LogP contribution in [0.4, 0.5) is 0 Å². The zero-order valence-corrected chi connectivity index (χ0v) is 15.3. The number of carbonyl (C=O) groups is 1. The molecule has 1 aliphatic heterocycles. The molecule has 1 saturated heterocycles. The highest BCUT2D eigenvalue weighted by atomic mass is 35.5. The van der Waals surface area contributed by atoms with Gasteiger partial charge in [-0.3, -0.25) is 4.79 Å². The molecular formula is C18H25ClN4O2. The van der Waals surface area contributed by atoms with Gasteiger partial charge in [0.05, 0.1) is 0 Å². The van der Waals surface area contributed by atoms with Gasteiger partial charge in [0.25, 0.3) is 5.89 Å². The van der Waals surface area contributed by atoms with Crippen LogP contribution in [0.25, 0.3) is 11.5 Å². The van der Waals surface area contributed by atoms with Crippen molar-refractivity contribution in [2.45, 2.75) is 45.1 Å². The zero-order valence-electron chi connectivity index (χ0n) is 14.5. The highest BCUT2D eigenvalue weighted by molar-refractivity contribution is 5.85. The van der Waals surface area contributed by atoms with Crippen molar-refractivity contribution in [1.82, 2.24) is 20.8 Å². The van der Waals surface area contributed by atoms with Gasteiger partial charge in [-0.1, -0.05) is 24.2 Å². The minimum absolute atomic E-state index is 0. The first-order valence-electron chi connectivity index (χ1n) is 8.66. The Hall–Kier alpha value is -1.92. The van der Waals surface area contributed by atoms with Gasteiger partial charge in [-0.05, 0) is 43.5 Å². The van der Waals surface area contributed by atoms with Crippen molar-refractivity contribution < 1.29 is 9.32 Å². The Morgan fingerprint density at radius 2 is 2.16 bits per heavy atom. The first kappa shape index (κ1) is 19.4. The van der Waals surface area contributed by atoms with E-state index < -0.39 is 0 Å². The quantitative estimate of drug-likeness (QED) is 0.789. The van der Waals surface area contributed by atoms with E-state index in [1.54, 1.807) is 0 Å². The Morgan fingerprint density at radius 1 is 1.36 bits per heavy atom. The van der Waals surface area contributed by atoms with E-state index >= 15 is 0 Å². The minimum atomic E-state index is 0. The molecule has 2 heterocycles. The Labute approximate surface area is 154 Å². The SMILES string of the molecule is CCc1noc(-c2ccc(CCNC(=O)CC3CCCN3)cc2)n1.Cl. The number of nitrogens with one attached hydrogen (secondary N) is 2. The number of nitrogens with zero attached hydrogens (tertiary/aromatic N) is 2. The van der Waals surface area contributed by atoms with Crippen LogP contribution in [0.5, 0.6) is 0 Å². The van der Waals surface area contributed by atoms with Crippen LogP contribution in [0.3, 0.4) is 0 Å². The summed E-state index contributed by atoms with van der Waals surface area (Å²) in [4.78, 5) is 16.2. The van der Waals surface area contributed by atoms with Gasteiger partial charge in [0, 0.05) is 31.0 Å². The molecule has 1 fully saturated rings. The number of aromatic nitrogens is 2. The van der Waals surface area contributed by atoms with E-state index in [-0.39, 0.29) is 18.3 Å². The summed E-state index contributed by atoms with van der Waals surface area (Å²) >= 11 is 0. The second-order valence-electron chi connectivity index (χ2n) is 6.16. The van der Waals surface area contributed by atoms with Crippen LogP contribution in [0.1, 0.15) is 37.6 Å². The molecule has 0 bridgehead atoms. The summed E-state index contributed by atoms with van der Waals surface area (Å²) in [5.41, 5.74) is 2.09. The lowest BCUT2D eigenvalue weighted by atomic mass is 10.1. The van der Waals surface area contributed by atoms with Gasteiger partial charge in [-0.2, -0.15) is 4.98 Å². The largest absolute Gasteiger partial charge is 0.356 e. The maximum Gasteiger partial charge on any atom is 0.257 e. The monoisotopic (exact) mass is 364 g/mol. The van der Waals surface area contributed by atoms with Crippen molar-refractivity contribution in [3.05, 3.63) is 35.7 Å². The Bertz CT molecular complexity index is 666. The first-order valence-corrected chi connectivity index (χ1v) is 8.66. The Balaban J connectivity index is 0.00000225. The van der Waals surface area contributed by atoms with E-state index in [0.717, 1.165) is 31.4 Å². The van der Waals surface area contributed by atoms with Crippen molar-refractivity contribution in [2.75, 3.05) is 13.1 Å². The molecule has 1 atom stereocenters. The highest BCUT2D eigenvalue weighted by Gasteiger charge is 2.17. The third-order valence-corrected chi connectivity index (χ3v) is 4.32. The van der Waals surface area contributed by atoms with Crippen LogP contribution < -0.4 is 10.6 Å². The second kappa shape index (κ2) is 9.53. The molecule has 25 heavy (non-hydrogen) atoms. The molecule has 0 spiro atoms. The van der Waals surface area contributed by atoms with Gasteiger partial charge in [0.15, 0.2) is 5.82 Å². The lowest BCUT2D eigenvalue weighted by Crippen LogP contribution is -2.32. The van der Waals surface area contributed by atoms with Crippen molar-refractivity contribution >= 4 is 18.3 Å². The maximum absolute atomic E-state index is 11.9. The van der Waals surface area contributed by atoms with Crippen LogP contribution in [-0.4, -0.2) is 35.2 Å².